The number of esters is 1. The summed E-state index contributed by atoms with van der Waals surface area (Å²) in [6, 6.07) is 0. The van der Waals surface area contributed by atoms with E-state index in [9.17, 15) is 4.79 Å². The van der Waals surface area contributed by atoms with Gasteiger partial charge in [0, 0.05) is 13.0 Å². The molecule has 0 saturated carbocycles. The third-order valence-corrected chi connectivity index (χ3v) is 6.21. The summed E-state index contributed by atoms with van der Waals surface area (Å²) in [5.74, 6) is -0.00259. The minimum absolute atomic E-state index is 0.00259. The van der Waals surface area contributed by atoms with Crippen molar-refractivity contribution in [2.75, 3.05) is 13.2 Å². The highest BCUT2D eigenvalue weighted by Gasteiger charge is 2.02. The van der Waals surface area contributed by atoms with Gasteiger partial charge in [0.25, 0.3) is 0 Å². The first-order valence-corrected chi connectivity index (χ1v) is 14.2. The average molecular weight is 453 g/mol. The number of rotatable bonds is 26. The van der Waals surface area contributed by atoms with Crippen LogP contribution in [0.5, 0.6) is 0 Å². The number of aliphatic hydroxyl groups excluding tert-OH is 1. The maximum Gasteiger partial charge on any atom is 0.305 e. The molecule has 32 heavy (non-hydrogen) atoms. The smallest absolute Gasteiger partial charge is 0.305 e. The molecule has 0 rings (SSSR count). The molecule has 0 aliphatic carbocycles. The number of unbranched alkanes of at least 4 members (excludes halogenated alkanes) is 19. The van der Waals surface area contributed by atoms with Crippen LogP contribution in [0.1, 0.15) is 155 Å². The molecule has 0 atom stereocenters. The quantitative estimate of drug-likeness (QED) is 0.0808. The molecule has 3 heteroatoms. The van der Waals surface area contributed by atoms with E-state index in [-0.39, 0.29) is 5.97 Å². The largest absolute Gasteiger partial charge is 0.466 e. The predicted molar refractivity (Wildman–Crippen MR) is 139 cm³/mol. The second-order valence-corrected chi connectivity index (χ2v) is 9.46. The Balaban J connectivity index is 3.19. The predicted octanol–water partition coefficient (Wildman–Crippen LogP) is 9.07. The molecular formula is C29H56O3. The second kappa shape index (κ2) is 28.2. The zero-order chi connectivity index (χ0) is 23.4. The van der Waals surface area contributed by atoms with Crippen LogP contribution in [0.15, 0.2) is 12.2 Å². The number of allylic oxidation sites excluding steroid dienone is 2. The summed E-state index contributed by atoms with van der Waals surface area (Å²) in [4.78, 5) is 11.8. The van der Waals surface area contributed by atoms with Gasteiger partial charge in [-0.1, -0.05) is 115 Å². The molecule has 0 amide bonds. The van der Waals surface area contributed by atoms with E-state index in [1.807, 2.05) is 0 Å². The lowest BCUT2D eigenvalue weighted by molar-refractivity contribution is -0.143. The summed E-state index contributed by atoms with van der Waals surface area (Å²) in [6.45, 7) is 3.20. The van der Waals surface area contributed by atoms with Gasteiger partial charge in [0.05, 0.1) is 6.61 Å². The number of aliphatic hydroxyl groups is 1. The first kappa shape index (κ1) is 31.2. The highest BCUT2D eigenvalue weighted by Crippen LogP contribution is 2.12. The van der Waals surface area contributed by atoms with Gasteiger partial charge in [0.15, 0.2) is 0 Å². The fraction of sp³-hybridized carbons (Fsp3) is 0.897. The molecule has 3 nitrogen and oxygen atoms in total. The van der Waals surface area contributed by atoms with Crippen LogP contribution in [0.2, 0.25) is 0 Å². The lowest BCUT2D eigenvalue weighted by Gasteiger charge is -2.05. The molecule has 0 aliphatic rings. The van der Waals surface area contributed by atoms with E-state index in [4.69, 9.17) is 9.84 Å². The minimum Gasteiger partial charge on any atom is -0.466 e. The van der Waals surface area contributed by atoms with Crippen LogP contribution in [0, 0.1) is 0 Å². The topological polar surface area (TPSA) is 46.5 Å². The van der Waals surface area contributed by atoms with E-state index < -0.39 is 0 Å². The number of carbonyl (C=O) groups is 1. The van der Waals surface area contributed by atoms with Gasteiger partial charge < -0.3 is 9.84 Å². The van der Waals surface area contributed by atoms with E-state index in [0.717, 1.165) is 25.7 Å². The Morgan fingerprint density at radius 2 is 1.03 bits per heavy atom. The van der Waals surface area contributed by atoms with Gasteiger partial charge in [-0.05, 0) is 44.9 Å². The molecule has 0 spiro atoms. The van der Waals surface area contributed by atoms with Crippen molar-refractivity contribution in [3.8, 4) is 0 Å². The molecule has 0 saturated heterocycles. The van der Waals surface area contributed by atoms with E-state index in [0.29, 0.717) is 19.6 Å². The van der Waals surface area contributed by atoms with Crippen molar-refractivity contribution in [1.29, 1.82) is 0 Å². The highest BCUT2D eigenvalue weighted by molar-refractivity contribution is 5.69. The average Bonchev–Trinajstić information content (AvgIpc) is 2.80. The molecule has 0 heterocycles. The van der Waals surface area contributed by atoms with E-state index >= 15 is 0 Å². The number of carbonyl (C=O) groups excluding carboxylic acids is 1. The maximum absolute atomic E-state index is 11.8. The maximum atomic E-state index is 11.8. The SMILES string of the molecule is CCCCCC/C=C\CCCCCCCC(=O)OCCCCCCCCCCCCCO. The molecule has 1 N–H and O–H groups in total. The number of ether oxygens (including phenoxy) is 1. The van der Waals surface area contributed by atoms with Crippen molar-refractivity contribution in [3.63, 3.8) is 0 Å². The van der Waals surface area contributed by atoms with Gasteiger partial charge in [-0.3, -0.25) is 4.79 Å². The molecule has 0 radical (unpaired) electrons. The zero-order valence-corrected chi connectivity index (χ0v) is 21.6. The van der Waals surface area contributed by atoms with Crippen LogP contribution in [0.25, 0.3) is 0 Å². The summed E-state index contributed by atoms with van der Waals surface area (Å²) in [6.07, 6.45) is 32.5. The molecule has 0 unspecified atom stereocenters. The Kier molecular flexibility index (Phi) is 27.5. The van der Waals surface area contributed by atoms with E-state index in [1.54, 1.807) is 0 Å². The lowest BCUT2D eigenvalue weighted by Crippen LogP contribution is -2.05. The Labute approximate surface area is 200 Å². The molecule has 0 aromatic rings. The van der Waals surface area contributed by atoms with Crippen molar-refractivity contribution < 1.29 is 14.6 Å². The Bertz CT molecular complexity index is 392. The number of hydrogen-bond donors (Lipinski definition) is 1. The summed E-state index contributed by atoms with van der Waals surface area (Å²) in [7, 11) is 0. The van der Waals surface area contributed by atoms with Crippen molar-refractivity contribution >= 4 is 5.97 Å². The van der Waals surface area contributed by atoms with Crippen LogP contribution in [-0.2, 0) is 9.53 Å². The van der Waals surface area contributed by atoms with Crippen molar-refractivity contribution in [2.24, 2.45) is 0 Å². The molecule has 0 fully saturated rings. The van der Waals surface area contributed by atoms with E-state index in [1.165, 1.54) is 116 Å². The third-order valence-electron chi connectivity index (χ3n) is 6.21. The summed E-state index contributed by atoms with van der Waals surface area (Å²) in [5.41, 5.74) is 0. The summed E-state index contributed by atoms with van der Waals surface area (Å²) < 4.78 is 5.38. The summed E-state index contributed by atoms with van der Waals surface area (Å²) >= 11 is 0. The molecule has 0 aliphatic heterocycles. The molecule has 0 aromatic carbocycles. The Morgan fingerprint density at radius 3 is 1.56 bits per heavy atom. The minimum atomic E-state index is -0.00259. The Morgan fingerprint density at radius 1 is 0.594 bits per heavy atom. The van der Waals surface area contributed by atoms with Crippen LogP contribution in [-0.4, -0.2) is 24.3 Å². The van der Waals surface area contributed by atoms with Gasteiger partial charge in [-0.2, -0.15) is 0 Å². The fourth-order valence-corrected chi connectivity index (χ4v) is 4.05. The normalized spacial score (nSPS) is 11.4. The highest BCUT2D eigenvalue weighted by atomic mass is 16.5. The zero-order valence-electron chi connectivity index (χ0n) is 21.6. The van der Waals surface area contributed by atoms with Crippen molar-refractivity contribution in [3.05, 3.63) is 12.2 Å². The third kappa shape index (κ3) is 27.2. The first-order valence-electron chi connectivity index (χ1n) is 14.2. The lowest BCUT2D eigenvalue weighted by atomic mass is 10.1. The van der Waals surface area contributed by atoms with Gasteiger partial charge in [-0.25, -0.2) is 0 Å². The van der Waals surface area contributed by atoms with Crippen LogP contribution < -0.4 is 0 Å². The van der Waals surface area contributed by atoms with Crippen LogP contribution in [0.4, 0.5) is 0 Å². The Hall–Kier alpha value is -0.830. The molecule has 0 bridgehead atoms. The van der Waals surface area contributed by atoms with Gasteiger partial charge in [0.2, 0.25) is 0 Å². The van der Waals surface area contributed by atoms with Crippen LogP contribution in [0.3, 0.4) is 0 Å². The molecule has 190 valence electrons. The first-order chi connectivity index (χ1) is 15.8. The van der Waals surface area contributed by atoms with Crippen LogP contribution >= 0.6 is 0 Å². The van der Waals surface area contributed by atoms with Gasteiger partial charge >= 0.3 is 5.97 Å². The fourth-order valence-electron chi connectivity index (χ4n) is 4.05. The number of hydrogen-bond acceptors (Lipinski definition) is 3. The second-order valence-electron chi connectivity index (χ2n) is 9.46. The van der Waals surface area contributed by atoms with Crippen molar-refractivity contribution in [2.45, 2.75) is 155 Å². The van der Waals surface area contributed by atoms with Gasteiger partial charge in [-0.15, -0.1) is 0 Å². The standard InChI is InChI=1S/C29H56O3/c1-2-3-4-5-6-7-8-9-11-14-17-20-23-26-29(31)32-28-25-22-19-16-13-10-12-15-18-21-24-27-30/h7-8,30H,2-6,9-28H2,1H3/b8-7-. The molecule has 0 aromatic heterocycles. The van der Waals surface area contributed by atoms with Gasteiger partial charge in [0.1, 0.15) is 0 Å². The summed E-state index contributed by atoms with van der Waals surface area (Å²) in [5, 5.41) is 8.74. The monoisotopic (exact) mass is 452 g/mol. The van der Waals surface area contributed by atoms with Crippen molar-refractivity contribution in [1.82, 2.24) is 0 Å². The molecular weight excluding hydrogens is 396 g/mol. The van der Waals surface area contributed by atoms with E-state index in [2.05, 4.69) is 19.1 Å².